The van der Waals surface area contributed by atoms with Gasteiger partial charge in [-0.05, 0) is 75.2 Å². The van der Waals surface area contributed by atoms with Crippen molar-refractivity contribution in [1.29, 1.82) is 0 Å². The molecule has 0 spiro atoms. The molecule has 0 aromatic heterocycles. The first-order valence-corrected chi connectivity index (χ1v) is 7.73. The number of phenols is 1. The zero-order valence-corrected chi connectivity index (χ0v) is 14.4. The van der Waals surface area contributed by atoms with Crippen LogP contribution in [0.25, 0.3) is 0 Å². The van der Waals surface area contributed by atoms with Crippen molar-refractivity contribution in [2.45, 2.75) is 44.4 Å². The van der Waals surface area contributed by atoms with Crippen LogP contribution in [0.1, 0.15) is 31.2 Å². The number of hydrogen-bond donors (Lipinski definition) is 3. The topological polar surface area (TPSA) is 52.5 Å². The van der Waals surface area contributed by atoms with E-state index in [9.17, 15) is 10.2 Å². The number of hydrogen-bond acceptors (Lipinski definition) is 3. The van der Waals surface area contributed by atoms with E-state index in [0.29, 0.717) is 15.0 Å². The maximum absolute atomic E-state index is 9.64. The largest absolute Gasteiger partial charge is 0.506 e. The van der Waals surface area contributed by atoms with E-state index in [0.717, 1.165) is 37.8 Å². The molecule has 0 aliphatic heterocycles. The van der Waals surface area contributed by atoms with Crippen LogP contribution in [0.4, 0.5) is 0 Å². The summed E-state index contributed by atoms with van der Waals surface area (Å²) < 4.78 is 1.38. The fraction of sp³-hybridized carbons (Fsp3) is 0.538. The summed E-state index contributed by atoms with van der Waals surface area (Å²) in [6.45, 7) is 0.745. The maximum Gasteiger partial charge on any atom is 0.143 e. The van der Waals surface area contributed by atoms with Crippen molar-refractivity contribution < 1.29 is 10.2 Å². The van der Waals surface area contributed by atoms with Gasteiger partial charge in [-0.2, -0.15) is 0 Å². The summed E-state index contributed by atoms with van der Waals surface area (Å²) in [5, 5.41) is 22.7. The first kappa shape index (κ1) is 17.2. The number of nitrogens with one attached hydrogen (secondary N) is 1. The summed E-state index contributed by atoms with van der Waals surface area (Å²) in [5.41, 5.74) is 1.10. The fourth-order valence-corrected chi connectivity index (χ4v) is 3.61. The lowest BCUT2D eigenvalue weighted by atomic mass is 9.93. The normalized spacial score (nSPS) is 22.9. The van der Waals surface area contributed by atoms with Gasteiger partial charge in [-0.15, -0.1) is 12.4 Å². The molecular weight excluding hydrogens is 397 g/mol. The fourth-order valence-electron chi connectivity index (χ4n) is 2.33. The Morgan fingerprint density at radius 1 is 1.21 bits per heavy atom. The van der Waals surface area contributed by atoms with Crippen LogP contribution in [0, 0.1) is 0 Å². The summed E-state index contributed by atoms with van der Waals surface area (Å²) in [5.74, 6) is 0.229. The van der Waals surface area contributed by atoms with Crippen molar-refractivity contribution in [2.24, 2.45) is 0 Å². The minimum Gasteiger partial charge on any atom is -0.506 e. The predicted molar refractivity (Wildman–Crippen MR) is 85.9 cm³/mol. The monoisotopic (exact) mass is 413 g/mol. The summed E-state index contributed by atoms with van der Waals surface area (Å²) in [6, 6.07) is 4.21. The van der Waals surface area contributed by atoms with Crippen LogP contribution in [0.3, 0.4) is 0 Å². The first-order valence-electron chi connectivity index (χ1n) is 6.14. The number of aliphatic hydroxyl groups excluding tert-OH is 1. The molecule has 1 aliphatic carbocycles. The number of aromatic hydroxyl groups is 1. The van der Waals surface area contributed by atoms with Crippen LogP contribution in [-0.4, -0.2) is 22.4 Å². The predicted octanol–water partition coefficient (Wildman–Crippen LogP) is 3.73. The quantitative estimate of drug-likeness (QED) is 0.705. The molecule has 1 aliphatic rings. The van der Waals surface area contributed by atoms with Crippen LogP contribution in [-0.2, 0) is 6.54 Å². The molecule has 1 aromatic rings. The third kappa shape index (κ3) is 4.90. The van der Waals surface area contributed by atoms with Gasteiger partial charge >= 0.3 is 0 Å². The molecule has 2 atom stereocenters. The SMILES string of the molecule is Cl.Oc1c(Br)cc(CN[C@H]2CCC[C@@H](O)C2)cc1Br. The Bertz CT molecular complexity index is 408. The van der Waals surface area contributed by atoms with E-state index in [2.05, 4.69) is 37.2 Å². The molecule has 0 unspecified atom stereocenters. The molecule has 2 rings (SSSR count). The zero-order valence-electron chi connectivity index (χ0n) is 10.4. The molecule has 19 heavy (non-hydrogen) atoms. The third-order valence-electron chi connectivity index (χ3n) is 3.32. The molecule has 0 saturated heterocycles. The van der Waals surface area contributed by atoms with Gasteiger partial charge in [-0.1, -0.05) is 0 Å². The highest BCUT2D eigenvalue weighted by Gasteiger charge is 2.19. The molecule has 0 heterocycles. The molecule has 1 aromatic carbocycles. The Kier molecular flexibility index (Phi) is 7.11. The molecule has 3 N–H and O–H groups in total. The Balaban J connectivity index is 0.00000180. The second-order valence-electron chi connectivity index (χ2n) is 4.81. The average Bonchev–Trinajstić information content (AvgIpc) is 2.33. The molecule has 1 fully saturated rings. The highest BCUT2D eigenvalue weighted by atomic mass is 79.9. The molecular formula is C13H18Br2ClNO2. The molecule has 0 amide bonds. The lowest BCUT2D eigenvalue weighted by Crippen LogP contribution is -2.35. The van der Waals surface area contributed by atoms with Gasteiger partial charge in [0, 0.05) is 12.6 Å². The van der Waals surface area contributed by atoms with E-state index < -0.39 is 0 Å². The van der Waals surface area contributed by atoms with Crippen molar-refractivity contribution in [1.82, 2.24) is 5.32 Å². The van der Waals surface area contributed by atoms with Crippen molar-refractivity contribution in [3.8, 4) is 5.75 Å². The molecule has 0 radical (unpaired) electrons. The minimum absolute atomic E-state index is 0. The standard InChI is InChI=1S/C13H17Br2NO2.ClH/c14-11-4-8(5-12(15)13(11)18)7-16-9-2-1-3-10(17)6-9;/h4-5,9-10,16-18H,1-3,6-7H2;1H/t9-,10+;/m0./s1. The number of aliphatic hydroxyl groups is 1. The molecule has 0 bridgehead atoms. The third-order valence-corrected chi connectivity index (χ3v) is 4.53. The van der Waals surface area contributed by atoms with Gasteiger partial charge in [0.2, 0.25) is 0 Å². The molecule has 1 saturated carbocycles. The van der Waals surface area contributed by atoms with Crippen LogP contribution < -0.4 is 5.32 Å². The lowest BCUT2D eigenvalue weighted by molar-refractivity contribution is 0.111. The Morgan fingerprint density at radius 3 is 2.42 bits per heavy atom. The van der Waals surface area contributed by atoms with Gasteiger partial charge in [0.25, 0.3) is 0 Å². The summed E-state index contributed by atoms with van der Waals surface area (Å²) in [6.07, 6.45) is 3.81. The van der Waals surface area contributed by atoms with Gasteiger partial charge in [0.1, 0.15) is 5.75 Å². The zero-order chi connectivity index (χ0) is 13.1. The Morgan fingerprint density at radius 2 is 1.84 bits per heavy atom. The van der Waals surface area contributed by atoms with Gasteiger partial charge in [0.15, 0.2) is 0 Å². The smallest absolute Gasteiger partial charge is 0.143 e. The number of phenolic OH excluding ortho intramolecular Hbond substituents is 1. The summed E-state index contributed by atoms with van der Waals surface area (Å²) in [7, 11) is 0. The highest BCUT2D eigenvalue weighted by molar-refractivity contribution is 9.11. The van der Waals surface area contributed by atoms with Crippen molar-refractivity contribution >= 4 is 44.3 Å². The first-order chi connectivity index (χ1) is 8.56. The van der Waals surface area contributed by atoms with Gasteiger partial charge in [-0.3, -0.25) is 0 Å². The van der Waals surface area contributed by atoms with Crippen molar-refractivity contribution in [3.05, 3.63) is 26.6 Å². The van der Waals surface area contributed by atoms with Crippen LogP contribution in [0.5, 0.6) is 5.75 Å². The highest BCUT2D eigenvalue weighted by Crippen LogP contribution is 2.33. The number of rotatable bonds is 3. The number of benzene rings is 1. The number of halogens is 3. The van der Waals surface area contributed by atoms with E-state index in [4.69, 9.17) is 0 Å². The van der Waals surface area contributed by atoms with E-state index in [1.54, 1.807) is 0 Å². The van der Waals surface area contributed by atoms with E-state index >= 15 is 0 Å². The Hall–Kier alpha value is 0.190. The summed E-state index contributed by atoms with van der Waals surface area (Å²) >= 11 is 6.65. The lowest BCUT2D eigenvalue weighted by Gasteiger charge is -2.26. The maximum atomic E-state index is 9.64. The second-order valence-corrected chi connectivity index (χ2v) is 6.51. The molecule has 108 valence electrons. The van der Waals surface area contributed by atoms with Gasteiger partial charge in [0.05, 0.1) is 15.0 Å². The van der Waals surface area contributed by atoms with Gasteiger partial charge < -0.3 is 15.5 Å². The van der Waals surface area contributed by atoms with Crippen LogP contribution >= 0.6 is 44.3 Å². The van der Waals surface area contributed by atoms with E-state index in [1.807, 2.05) is 12.1 Å². The van der Waals surface area contributed by atoms with E-state index in [1.165, 1.54) is 0 Å². The Labute approximate surface area is 136 Å². The van der Waals surface area contributed by atoms with E-state index in [-0.39, 0.29) is 24.3 Å². The van der Waals surface area contributed by atoms with Crippen molar-refractivity contribution in [2.75, 3.05) is 0 Å². The molecule has 6 heteroatoms. The summed E-state index contributed by atoms with van der Waals surface area (Å²) in [4.78, 5) is 0. The van der Waals surface area contributed by atoms with Crippen LogP contribution in [0.15, 0.2) is 21.1 Å². The van der Waals surface area contributed by atoms with Crippen molar-refractivity contribution in [3.63, 3.8) is 0 Å². The van der Waals surface area contributed by atoms with Crippen LogP contribution in [0.2, 0.25) is 0 Å². The van der Waals surface area contributed by atoms with Gasteiger partial charge in [-0.25, -0.2) is 0 Å². The second kappa shape index (κ2) is 7.84. The molecule has 3 nitrogen and oxygen atoms in total. The minimum atomic E-state index is -0.158. The average molecular weight is 416 g/mol.